The average molecular weight is 307 g/mol. The second-order valence-electron chi connectivity index (χ2n) is 7.35. The molecule has 0 spiro atoms. The molecule has 23 heavy (non-hydrogen) atoms. The van der Waals surface area contributed by atoms with Crippen LogP contribution in [0.2, 0.25) is 0 Å². The van der Waals surface area contributed by atoms with E-state index >= 15 is 0 Å². The van der Waals surface area contributed by atoms with Gasteiger partial charge in [0.1, 0.15) is 0 Å². The van der Waals surface area contributed by atoms with Crippen LogP contribution in [0, 0.1) is 11.8 Å². The molecule has 0 atom stereocenters. The van der Waals surface area contributed by atoms with Gasteiger partial charge in [0.15, 0.2) is 5.78 Å². The van der Waals surface area contributed by atoms with Gasteiger partial charge in [-0.1, -0.05) is 42.5 Å². The van der Waals surface area contributed by atoms with Crippen LogP contribution in [0.4, 0.5) is 0 Å². The first kappa shape index (κ1) is 14.9. The molecule has 3 aliphatic rings. The molecule has 3 fully saturated rings. The number of carbonyl (C=O) groups excluding carboxylic acids is 1. The van der Waals surface area contributed by atoms with Gasteiger partial charge in [0.05, 0.1) is 0 Å². The first-order valence-corrected chi connectivity index (χ1v) is 9.03. The highest BCUT2D eigenvalue weighted by Crippen LogP contribution is 2.33. The number of rotatable bonds is 4. The number of carbonyl (C=O) groups is 1. The Kier molecular flexibility index (Phi) is 4.17. The van der Waals surface area contributed by atoms with E-state index in [0.29, 0.717) is 12.2 Å². The van der Waals surface area contributed by atoms with Crippen LogP contribution in [0.3, 0.4) is 0 Å². The van der Waals surface area contributed by atoms with Crippen LogP contribution in [-0.4, -0.2) is 30.3 Å². The summed E-state index contributed by atoms with van der Waals surface area (Å²) in [7, 11) is 0. The van der Waals surface area contributed by atoms with E-state index in [0.717, 1.165) is 34.7 Å². The molecule has 2 saturated heterocycles. The van der Waals surface area contributed by atoms with Crippen molar-refractivity contribution in [1.29, 1.82) is 0 Å². The van der Waals surface area contributed by atoms with Gasteiger partial charge in [0, 0.05) is 31.6 Å². The molecule has 0 N–H and O–H groups in total. The maximum absolute atomic E-state index is 12.7. The van der Waals surface area contributed by atoms with E-state index in [2.05, 4.69) is 23.1 Å². The van der Waals surface area contributed by atoms with Crippen LogP contribution < -0.4 is 0 Å². The van der Waals surface area contributed by atoms with Gasteiger partial charge in [-0.05, 0) is 48.3 Å². The number of ketones is 1. The van der Waals surface area contributed by atoms with Crippen molar-refractivity contribution in [3.05, 3.63) is 48.0 Å². The van der Waals surface area contributed by atoms with Crippen molar-refractivity contribution in [2.45, 2.75) is 32.1 Å². The average Bonchev–Trinajstić information content (AvgIpc) is 2.92. The van der Waals surface area contributed by atoms with Crippen molar-refractivity contribution in [1.82, 2.24) is 4.90 Å². The molecular formula is C21H25NO. The highest BCUT2D eigenvalue weighted by atomic mass is 16.1. The Labute approximate surface area is 138 Å². The lowest BCUT2D eigenvalue weighted by atomic mass is 9.84. The van der Waals surface area contributed by atoms with Crippen molar-refractivity contribution < 1.29 is 4.79 Å². The van der Waals surface area contributed by atoms with Crippen LogP contribution in [0.15, 0.2) is 42.5 Å². The Balaban J connectivity index is 1.45. The van der Waals surface area contributed by atoms with Gasteiger partial charge >= 0.3 is 0 Å². The van der Waals surface area contributed by atoms with Crippen molar-refractivity contribution in [3.8, 4) is 0 Å². The second-order valence-corrected chi connectivity index (χ2v) is 7.35. The van der Waals surface area contributed by atoms with Crippen molar-refractivity contribution in [2.75, 3.05) is 19.6 Å². The summed E-state index contributed by atoms with van der Waals surface area (Å²) in [6.07, 6.45) is 6.25. The third kappa shape index (κ3) is 3.18. The van der Waals surface area contributed by atoms with E-state index in [4.69, 9.17) is 0 Å². The maximum Gasteiger partial charge on any atom is 0.164 e. The molecule has 5 rings (SSSR count). The number of Topliss-reactive ketones (excluding diaryl/α,β-unsaturated/α-hetero) is 1. The molecular weight excluding hydrogens is 282 g/mol. The summed E-state index contributed by atoms with van der Waals surface area (Å²) >= 11 is 0. The van der Waals surface area contributed by atoms with Crippen molar-refractivity contribution in [2.24, 2.45) is 11.8 Å². The highest BCUT2D eigenvalue weighted by Gasteiger charge is 2.29. The van der Waals surface area contributed by atoms with Gasteiger partial charge in [0.25, 0.3) is 0 Å². The number of nitrogens with zero attached hydrogens (tertiary/aromatic N) is 1. The number of benzene rings is 2. The standard InChI is InChI=1S/C21H25NO/c23-21(20-7-3-5-18-4-1-2-6-19(18)20)12-13-22-14-16-8-9-17(15-22)11-10-16/h1-7,16-17H,8-15H2. The Bertz CT molecular complexity index is 681. The second kappa shape index (κ2) is 6.45. The molecule has 2 aromatic carbocycles. The monoisotopic (exact) mass is 307 g/mol. The molecule has 0 aromatic heterocycles. The number of hydrogen-bond donors (Lipinski definition) is 0. The predicted molar refractivity (Wildman–Crippen MR) is 94.8 cm³/mol. The Morgan fingerprint density at radius 2 is 1.57 bits per heavy atom. The first-order valence-electron chi connectivity index (χ1n) is 9.03. The zero-order chi connectivity index (χ0) is 15.6. The third-order valence-electron chi connectivity index (χ3n) is 5.74. The predicted octanol–water partition coefficient (Wildman–Crippen LogP) is 4.53. The fraction of sp³-hybridized carbons (Fsp3) is 0.476. The lowest BCUT2D eigenvalue weighted by Gasteiger charge is -2.21. The summed E-state index contributed by atoms with van der Waals surface area (Å²) in [5, 5.41) is 2.25. The molecule has 2 heteroatoms. The lowest BCUT2D eigenvalue weighted by molar-refractivity contribution is 0.0963. The first-order chi connectivity index (χ1) is 11.3. The van der Waals surface area contributed by atoms with E-state index < -0.39 is 0 Å². The van der Waals surface area contributed by atoms with Crippen LogP contribution in [0.5, 0.6) is 0 Å². The molecule has 0 radical (unpaired) electrons. The van der Waals surface area contributed by atoms with Crippen molar-refractivity contribution >= 4 is 16.6 Å². The molecule has 1 saturated carbocycles. The minimum Gasteiger partial charge on any atom is -0.302 e. The van der Waals surface area contributed by atoms with Gasteiger partial charge in [0.2, 0.25) is 0 Å². The summed E-state index contributed by atoms with van der Waals surface area (Å²) in [6.45, 7) is 3.34. The van der Waals surface area contributed by atoms with Crippen LogP contribution >= 0.6 is 0 Å². The fourth-order valence-electron chi connectivity index (χ4n) is 4.45. The Morgan fingerprint density at radius 3 is 2.30 bits per heavy atom. The molecule has 0 amide bonds. The van der Waals surface area contributed by atoms with Gasteiger partial charge < -0.3 is 4.90 Å². The largest absolute Gasteiger partial charge is 0.302 e. The maximum atomic E-state index is 12.7. The minimum atomic E-state index is 0.290. The SMILES string of the molecule is O=C(CCN1CC2CCC(CC2)C1)c1cccc2ccccc12. The zero-order valence-electron chi connectivity index (χ0n) is 13.7. The molecule has 120 valence electrons. The van der Waals surface area contributed by atoms with Crippen LogP contribution in [0.25, 0.3) is 10.8 Å². The summed E-state index contributed by atoms with van der Waals surface area (Å²) in [5.74, 6) is 2.04. The molecule has 2 bridgehead atoms. The Hall–Kier alpha value is -1.67. The van der Waals surface area contributed by atoms with Crippen LogP contribution in [-0.2, 0) is 0 Å². The molecule has 1 aliphatic carbocycles. The molecule has 2 aromatic rings. The third-order valence-corrected chi connectivity index (χ3v) is 5.74. The minimum absolute atomic E-state index is 0.290. The van der Waals surface area contributed by atoms with Crippen LogP contribution in [0.1, 0.15) is 42.5 Å². The summed E-state index contributed by atoms with van der Waals surface area (Å²) in [6, 6.07) is 14.3. The summed E-state index contributed by atoms with van der Waals surface area (Å²) < 4.78 is 0. The van der Waals surface area contributed by atoms with Gasteiger partial charge in [-0.25, -0.2) is 0 Å². The molecule has 2 aliphatic heterocycles. The Morgan fingerprint density at radius 1 is 0.913 bits per heavy atom. The van der Waals surface area contributed by atoms with E-state index in [1.165, 1.54) is 38.8 Å². The van der Waals surface area contributed by atoms with Gasteiger partial charge in [-0.2, -0.15) is 0 Å². The lowest BCUT2D eigenvalue weighted by Crippen LogP contribution is -2.30. The number of fused-ring (bicyclic) bond motifs is 5. The van der Waals surface area contributed by atoms with E-state index in [1.54, 1.807) is 0 Å². The molecule has 2 nitrogen and oxygen atoms in total. The fourth-order valence-corrected chi connectivity index (χ4v) is 4.45. The topological polar surface area (TPSA) is 20.3 Å². The van der Waals surface area contributed by atoms with Gasteiger partial charge in [-0.3, -0.25) is 4.79 Å². The summed E-state index contributed by atoms with van der Waals surface area (Å²) in [4.78, 5) is 15.3. The highest BCUT2D eigenvalue weighted by molar-refractivity contribution is 6.08. The number of hydrogen-bond acceptors (Lipinski definition) is 2. The van der Waals surface area contributed by atoms with E-state index in [9.17, 15) is 4.79 Å². The zero-order valence-corrected chi connectivity index (χ0v) is 13.7. The molecule has 2 heterocycles. The molecule has 0 unspecified atom stereocenters. The van der Waals surface area contributed by atoms with E-state index in [1.807, 2.05) is 24.3 Å². The summed E-state index contributed by atoms with van der Waals surface area (Å²) in [5.41, 5.74) is 0.890. The smallest absolute Gasteiger partial charge is 0.164 e. The van der Waals surface area contributed by atoms with E-state index in [-0.39, 0.29) is 0 Å². The normalized spacial score (nSPS) is 24.7. The quantitative estimate of drug-likeness (QED) is 0.773. The van der Waals surface area contributed by atoms with Crippen molar-refractivity contribution in [3.63, 3.8) is 0 Å². The van der Waals surface area contributed by atoms with Gasteiger partial charge in [-0.15, -0.1) is 0 Å².